The van der Waals surface area contributed by atoms with Crippen molar-refractivity contribution in [3.8, 4) is 0 Å². The number of hydrogen-bond donors (Lipinski definition) is 1. The van der Waals surface area contributed by atoms with Crippen LogP contribution in [-0.4, -0.2) is 13.8 Å². The molecule has 0 radical (unpaired) electrons. The van der Waals surface area contributed by atoms with E-state index in [1.165, 1.54) is 17.2 Å². The minimum Gasteiger partial charge on any atom is -0.430 e. The van der Waals surface area contributed by atoms with Gasteiger partial charge in [0.05, 0.1) is 0 Å². The van der Waals surface area contributed by atoms with Crippen LogP contribution in [0.4, 0.5) is 0 Å². The number of unbranched alkanes of at least 4 members (excludes halogenated alkanes) is 1. The van der Waals surface area contributed by atoms with E-state index < -0.39 is 9.04 Å². The Labute approximate surface area is 88.5 Å². The standard InChI is InChI=1S/C12H20OSi/c1-3-5-10-14(13)12-9-7-6-8-11(12)4-2/h6-9,13-14H,3-5,10H2,1-2H3. The molecule has 1 nitrogen and oxygen atoms in total. The summed E-state index contributed by atoms with van der Waals surface area (Å²) in [6.07, 6.45) is 3.37. The van der Waals surface area contributed by atoms with Crippen LogP contribution >= 0.6 is 0 Å². The number of hydrogen-bond acceptors (Lipinski definition) is 1. The van der Waals surface area contributed by atoms with Crippen LogP contribution in [0.1, 0.15) is 32.3 Å². The Hall–Kier alpha value is -0.603. The first-order chi connectivity index (χ1) is 6.79. The van der Waals surface area contributed by atoms with Crippen LogP contribution in [0.2, 0.25) is 6.04 Å². The second-order valence-corrected chi connectivity index (χ2v) is 5.94. The first-order valence-electron chi connectivity index (χ1n) is 5.55. The number of benzene rings is 1. The summed E-state index contributed by atoms with van der Waals surface area (Å²) in [6.45, 7) is 4.33. The zero-order chi connectivity index (χ0) is 10.4. The van der Waals surface area contributed by atoms with Gasteiger partial charge in [-0.25, -0.2) is 0 Å². The van der Waals surface area contributed by atoms with Gasteiger partial charge in [0, 0.05) is 0 Å². The SMILES string of the molecule is CCCC[SiH](O)c1ccccc1CC. The second kappa shape index (κ2) is 5.99. The Balaban J connectivity index is 2.72. The summed E-state index contributed by atoms with van der Waals surface area (Å²) in [5, 5.41) is 1.25. The minimum absolute atomic E-state index is 1.02. The molecule has 0 aromatic heterocycles. The van der Waals surface area contributed by atoms with E-state index in [9.17, 15) is 4.80 Å². The van der Waals surface area contributed by atoms with Crippen LogP contribution in [0.25, 0.3) is 0 Å². The molecule has 1 aromatic carbocycles. The minimum atomic E-state index is -1.64. The van der Waals surface area contributed by atoms with E-state index in [4.69, 9.17) is 0 Å². The maximum Gasteiger partial charge on any atom is 0.204 e. The largest absolute Gasteiger partial charge is 0.430 e. The number of aryl methyl sites for hydroxylation is 1. The molecule has 14 heavy (non-hydrogen) atoms. The maximum absolute atomic E-state index is 10.1. The average Bonchev–Trinajstić information content (AvgIpc) is 2.25. The lowest BCUT2D eigenvalue weighted by molar-refractivity contribution is 0.577. The van der Waals surface area contributed by atoms with Gasteiger partial charge < -0.3 is 4.80 Å². The third kappa shape index (κ3) is 2.96. The van der Waals surface area contributed by atoms with Gasteiger partial charge >= 0.3 is 0 Å². The highest BCUT2D eigenvalue weighted by Gasteiger charge is 2.12. The van der Waals surface area contributed by atoms with Gasteiger partial charge in [0.2, 0.25) is 9.04 Å². The van der Waals surface area contributed by atoms with Gasteiger partial charge in [-0.2, -0.15) is 0 Å². The highest BCUT2D eigenvalue weighted by molar-refractivity contribution is 6.66. The fourth-order valence-corrected chi connectivity index (χ4v) is 3.90. The normalized spacial score (nSPS) is 12.8. The molecule has 0 aliphatic rings. The first kappa shape index (κ1) is 11.5. The fourth-order valence-electron chi connectivity index (χ4n) is 1.73. The molecule has 0 heterocycles. The van der Waals surface area contributed by atoms with Crippen molar-refractivity contribution in [1.82, 2.24) is 0 Å². The summed E-state index contributed by atoms with van der Waals surface area (Å²) in [4.78, 5) is 10.1. The molecule has 0 amide bonds. The number of rotatable bonds is 5. The van der Waals surface area contributed by atoms with Crippen LogP contribution < -0.4 is 5.19 Å². The molecule has 0 spiro atoms. The molecule has 1 atom stereocenters. The van der Waals surface area contributed by atoms with Crippen LogP contribution in [0, 0.1) is 0 Å². The molecular weight excluding hydrogens is 188 g/mol. The Morgan fingerprint density at radius 3 is 2.57 bits per heavy atom. The fraction of sp³-hybridized carbons (Fsp3) is 0.500. The molecule has 0 fully saturated rings. The summed E-state index contributed by atoms with van der Waals surface area (Å²) < 4.78 is 0. The molecule has 0 saturated heterocycles. The van der Waals surface area contributed by atoms with Gasteiger partial charge in [-0.3, -0.25) is 0 Å². The van der Waals surface area contributed by atoms with Gasteiger partial charge in [0.1, 0.15) is 0 Å². The Kier molecular flexibility index (Phi) is 4.91. The lowest BCUT2D eigenvalue weighted by atomic mass is 10.2. The molecule has 0 aliphatic heterocycles. The lowest BCUT2D eigenvalue weighted by Gasteiger charge is -2.12. The van der Waals surface area contributed by atoms with E-state index >= 15 is 0 Å². The Bertz CT molecular complexity index is 273. The highest BCUT2D eigenvalue weighted by atomic mass is 28.3. The van der Waals surface area contributed by atoms with Crippen molar-refractivity contribution in [3.63, 3.8) is 0 Å². The third-order valence-corrected chi connectivity index (χ3v) is 4.86. The van der Waals surface area contributed by atoms with Crippen molar-refractivity contribution in [2.24, 2.45) is 0 Å². The average molecular weight is 208 g/mol. The molecule has 0 saturated carbocycles. The van der Waals surface area contributed by atoms with Crippen molar-refractivity contribution in [1.29, 1.82) is 0 Å². The third-order valence-electron chi connectivity index (χ3n) is 2.63. The van der Waals surface area contributed by atoms with E-state index in [0.717, 1.165) is 18.9 Å². The van der Waals surface area contributed by atoms with E-state index in [0.29, 0.717) is 0 Å². The van der Waals surface area contributed by atoms with Crippen LogP contribution in [0.5, 0.6) is 0 Å². The molecule has 0 aliphatic carbocycles. The predicted octanol–water partition coefficient (Wildman–Crippen LogP) is 1.97. The quantitative estimate of drug-likeness (QED) is 0.734. The Morgan fingerprint density at radius 2 is 1.93 bits per heavy atom. The van der Waals surface area contributed by atoms with Crippen LogP contribution in [0.3, 0.4) is 0 Å². The maximum atomic E-state index is 10.1. The summed E-state index contributed by atoms with van der Waals surface area (Å²) >= 11 is 0. The summed E-state index contributed by atoms with van der Waals surface area (Å²) in [5.41, 5.74) is 1.34. The smallest absolute Gasteiger partial charge is 0.204 e. The molecule has 1 N–H and O–H groups in total. The van der Waals surface area contributed by atoms with E-state index in [2.05, 4.69) is 32.0 Å². The zero-order valence-electron chi connectivity index (χ0n) is 9.16. The van der Waals surface area contributed by atoms with Gasteiger partial charge in [0.25, 0.3) is 0 Å². The molecule has 1 rings (SSSR count). The van der Waals surface area contributed by atoms with Gasteiger partial charge in [-0.15, -0.1) is 0 Å². The monoisotopic (exact) mass is 208 g/mol. The molecule has 1 unspecified atom stereocenters. The van der Waals surface area contributed by atoms with Crippen LogP contribution in [-0.2, 0) is 6.42 Å². The van der Waals surface area contributed by atoms with Gasteiger partial charge in [-0.05, 0) is 23.2 Å². The molecule has 2 heteroatoms. The molecule has 0 bridgehead atoms. The topological polar surface area (TPSA) is 20.2 Å². The summed E-state index contributed by atoms with van der Waals surface area (Å²) in [6, 6.07) is 9.36. The van der Waals surface area contributed by atoms with Crippen LogP contribution in [0.15, 0.2) is 24.3 Å². The Morgan fingerprint density at radius 1 is 1.21 bits per heavy atom. The first-order valence-corrected chi connectivity index (χ1v) is 7.46. The van der Waals surface area contributed by atoms with Crippen molar-refractivity contribution in [3.05, 3.63) is 29.8 Å². The van der Waals surface area contributed by atoms with Crippen molar-refractivity contribution >= 4 is 14.2 Å². The van der Waals surface area contributed by atoms with Crippen molar-refractivity contribution in [2.75, 3.05) is 0 Å². The van der Waals surface area contributed by atoms with E-state index in [-0.39, 0.29) is 0 Å². The summed E-state index contributed by atoms with van der Waals surface area (Å²) in [5.74, 6) is 0. The van der Waals surface area contributed by atoms with Gasteiger partial charge in [0.15, 0.2) is 0 Å². The van der Waals surface area contributed by atoms with E-state index in [1.54, 1.807) is 0 Å². The second-order valence-electron chi connectivity index (χ2n) is 3.71. The highest BCUT2D eigenvalue weighted by Crippen LogP contribution is 2.04. The molecule has 78 valence electrons. The van der Waals surface area contributed by atoms with Gasteiger partial charge in [-0.1, -0.05) is 51.0 Å². The molecular formula is C12H20OSi. The van der Waals surface area contributed by atoms with Crippen molar-refractivity contribution < 1.29 is 4.80 Å². The predicted molar refractivity (Wildman–Crippen MR) is 64.5 cm³/mol. The van der Waals surface area contributed by atoms with Crippen molar-refractivity contribution in [2.45, 2.75) is 39.2 Å². The zero-order valence-corrected chi connectivity index (χ0v) is 10.3. The van der Waals surface area contributed by atoms with E-state index in [1.807, 2.05) is 6.07 Å². The summed E-state index contributed by atoms with van der Waals surface area (Å²) in [7, 11) is -1.64. The lowest BCUT2D eigenvalue weighted by Crippen LogP contribution is -2.32. The molecule has 1 aromatic rings.